The maximum atomic E-state index is 13.0. The molecule has 1 saturated heterocycles. The van der Waals surface area contributed by atoms with E-state index in [0.29, 0.717) is 44.2 Å². The van der Waals surface area contributed by atoms with Gasteiger partial charge in [-0.3, -0.25) is 19.9 Å². The van der Waals surface area contributed by atoms with Crippen LogP contribution < -0.4 is 10.2 Å². The summed E-state index contributed by atoms with van der Waals surface area (Å²) >= 11 is 0. The van der Waals surface area contributed by atoms with Gasteiger partial charge in [-0.2, -0.15) is 5.10 Å². The third-order valence-corrected chi connectivity index (χ3v) is 6.29. The molecule has 0 saturated carbocycles. The molecule has 1 aliphatic heterocycles. The summed E-state index contributed by atoms with van der Waals surface area (Å²) in [6, 6.07) is 11.3. The summed E-state index contributed by atoms with van der Waals surface area (Å²) < 4.78 is 5.08. The van der Waals surface area contributed by atoms with Gasteiger partial charge in [-0.25, -0.2) is 4.79 Å². The summed E-state index contributed by atoms with van der Waals surface area (Å²) in [6.07, 6.45) is 4.96. The van der Waals surface area contributed by atoms with Crippen LogP contribution in [0, 0.1) is 6.92 Å². The van der Waals surface area contributed by atoms with E-state index in [1.807, 2.05) is 31.2 Å². The van der Waals surface area contributed by atoms with Crippen molar-refractivity contribution in [3.63, 3.8) is 0 Å². The van der Waals surface area contributed by atoms with Crippen molar-refractivity contribution in [3.05, 3.63) is 66.1 Å². The number of H-pyrrole nitrogens is 1. The zero-order chi connectivity index (χ0) is 25.1. The first-order valence-electron chi connectivity index (χ1n) is 11.9. The normalized spacial score (nSPS) is 13.6. The second-order valence-electron chi connectivity index (χ2n) is 8.55. The zero-order valence-electron chi connectivity index (χ0n) is 20.2. The summed E-state index contributed by atoms with van der Waals surface area (Å²) in [6.45, 7) is 6.79. The largest absolute Gasteiger partial charge is 0.450 e. The number of anilines is 2. The minimum atomic E-state index is -0.270. The van der Waals surface area contributed by atoms with Crippen LogP contribution in [0.5, 0.6) is 0 Å². The van der Waals surface area contributed by atoms with E-state index in [9.17, 15) is 9.59 Å². The maximum Gasteiger partial charge on any atom is 0.409 e. The Kier molecular flexibility index (Phi) is 6.48. The summed E-state index contributed by atoms with van der Waals surface area (Å²) in [5, 5.41) is 10.9. The van der Waals surface area contributed by atoms with Gasteiger partial charge in [-0.05, 0) is 55.8 Å². The lowest BCUT2D eigenvalue weighted by Crippen LogP contribution is -2.49. The molecule has 4 aromatic rings. The molecule has 0 atom stereocenters. The highest BCUT2D eigenvalue weighted by Crippen LogP contribution is 2.27. The number of nitrogens with zero attached hydrogens (tertiary/aromatic N) is 5. The molecule has 0 radical (unpaired) electrons. The molecule has 1 fully saturated rings. The number of amides is 2. The molecule has 0 bridgehead atoms. The van der Waals surface area contributed by atoms with Gasteiger partial charge >= 0.3 is 6.09 Å². The fraction of sp³-hybridized carbons (Fsp3) is 0.269. The van der Waals surface area contributed by atoms with Crippen molar-refractivity contribution >= 4 is 34.4 Å². The van der Waals surface area contributed by atoms with Gasteiger partial charge < -0.3 is 19.9 Å². The highest BCUT2D eigenvalue weighted by atomic mass is 16.6. The maximum absolute atomic E-state index is 13.0. The smallest absolute Gasteiger partial charge is 0.409 e. The Morgan fingerprint density at radius 1 is 1.08 bits per heavy atom. The van der Waals surface area contributed by atoms with Crippen LogP contribution in [0.15, 0.2) is 55.0 Å². The van der Waals surface area contributed by atoms with Gasteiger partial charge in [0, 0.05) is 60.8 Å². The third kappa shape index (κ3) is 4.70. The molecule has 0 unspecified atom stereocenters. The number of hydrogen-bond acceptors (Lipinski definition) is 7. The van der Waals surface area contributed by atoms with Crippen LogP contribution in [-0.2, 0) is 4.74 Å². The van der Waals surface area contributed by atoms with E-state index in [0.717, 1.165) is 33.4 Å². The molecule has 3 aromatic heterocycles. The van der Waals surface area contributed by atoms with Gasteiger partial charge in [0.2, 0.25) is 0 Å². The molecule has 10 heteroatoms. The standard InChI is InChI=1S/C26H27N7O3/c1-3-36-26(35)33-12-10-32(11-13-33)19-6-4-18(5-7-19)25(34)29-24-20-14-22(28-16-23(20)30-31-24)21-15-27-9-8-17(21)2/h4-9,14-16H,3,10-13H2,1-2H3,(H2,29,30,31,34). The topological polar surface area (TPSA) is 116 Å². The molecule has 2 amide bonds. The number of benzene rings is 1. The van der Waals surface area contributed by atoms with Crippen LogP contribution >= 0.6 is 0 Å². The molecular formula is C26H27N7O3. The molecule has 10 nitrogen and oxygen atoms in total. The molecular weight excluding hydrogens is 458 g/mol. The number of hydrogen-bond donors (Lipinski definition) is 2. The van der Waals surface area contributed by atoms with Crippen LogP contribution in [-0.4, -0.2) is 69.9 Å². The molecule has 2 N–H and O–H groups in total. The monoisotopic (exact) mass is 485 g/mol. The number of aromatic nitrogens is 4. The Labute approximate surface area is 208 Å². The van der Waals surface area contributed by atoms with Crippen LogP contribution in [0.25, 0.3) is 22.2 Å². The fourth-order valence-electron chi connectivity index (χ4n) is 4.26. The number of carbonyl (C=O) groups is 2. The van der Waals surface area contributed by atoms with Crippen molar-refractivity contribution in [2.24, 2.45) is 0 Å². The predicted molar refractivity (Wildman–Crippen MR) is 137 cm³/mol. The lowest BCUT2D eigenvalue weighted by molar-refractivity contribution is 0.102. The zero-order valence-corrected chi connectivity index (χ0v) is 20.2. The van der Waals surface area contributed by atoms with Crippen molar-refractivity contribution < 1.29 is 14.3 Å². The summed E-state index contributed by atoms with van der Waals surface area (Å²) in [5.41, 5.74) is 5.01. The second-order valence-corrected chi connectivity index (χ2v) is 8.55. The van der Waals surface area contributed by atoms with E-state index < -0.39 is 0 Å². The van der Waals surface area contributed by atoms with E-state index >= 15 is 0 Å². The third-order valence-electron chi connectivity index (χ3n) is 6.29. The minimum Gasteiger partial charge on any atom is -0.450 e. The molecule has 1 aromatic carbocycles. The number of nitrogens with one attached hydrogen (secondary N) is 2. The van der Waals surface area contributed by atoms with E-state index in [4.69, 9.17) is 4.74 Å². The quantitative estimate of drug-likeness (QED) is 0.441. The Morgan fingerprint density at radius 2 is 1.86 bits per heavy atom. The first-order chi connectivity index (χ1) is 17.5. The SMILES string of the molecule is CCOC(=O)N1CCN(c2ccc(C(=O)Nc3n[nH]c4cnc(-c5cnccc5C)cc34)cc2)CC1. The van der Waals surface area contributed by atoms with Gasteiger partial charge in [0.15, 0.2) is 5.82 Å². The Balaban J connectivity index is 1.27. The van der Waals surface area contributed by atoms with Gasteiger partial charge in [-0.1, -0.05) is 0 Å². The van der Waals surface area contributed by atoms with E-state index in [1.54, 1.807) is 42.5 Å². The lowest BCUT2D eigenvalue weighted by atomic mass is 10.1. The van der Waals surface area contributed by atoms with E-state index in [1.165, 1.54) is 0 Å². The van der Waals surface area contributed by atoms with Gasteiger partial charge in [0.1, 0.15) is 0 Å². The summed E-state index contributed by atoms with van der Waals surface area (Å²) in [7, 11) is 0. The number of rotatable bonds is 5. The van der Waals surface area contributed by atoms with Gasteiger partial charge in [0.05, 0.1) is 24.0 Å². The highest BCUT2D eigenvalue weighted by molar-refractivity contribution is 6.08. The average molecular weight is 486 g/mol. The highest BCUT2D eigenvalue weighted by Gasteiger charge is 2.22. The lowest BCUT2D eigenvalue weighted by Gasteiger charge is -2.35. The number of ether oxygens (including phenoxy) is 1. The summed E-state index contributed by atoms with van der Waals surface area (Å²) in [4.78, 5) is 37.5. The number of fused-ring (bicyclic) bond motifs is 1. The number of aromatic amines is 1. The number of piperazine rings is 1. The van der Waals surface area contributed by atoms with Crippen molar-refractivity contribution in [1.82, 2.24) is 25.1 Å². The second kappa shape index (κ2) is 10.0. The molecule has 4 heterocycles. The fourth-order valence-corrected chi connectivity index (χ4v) is 4.26. The van der Waals surface area contributed by atoms with E-state index in [-0.39, 0.29) is 12.0 Å². The minimum absolute atomic E-state index is 0.252. The molecule has 0 spiro atoms. The molecule has 0 aliphatic carbocycles. The van der Waals surface area contributed by atoms with Crippen molar-refractivity contribution in [3.8, 4) is 11.3 Å². The van der Waals surface area contributed by atoms with Crippen LogP contribution in [0.1, 0.15) is 22.8 Å². The average Bonchev–Trinajstić information content (AvgIpc) is 3.31. The number of aryl methyl sites for hydroxylation is 1. The van der Waals surface area contributed by atoms with Crippen molar-refractivity contribution in [2.75, 3.05) is 43.0 Å². The predicted octanol–water partition coefficient (Wildman–Crippen LogP) is 3.86. The Hall–Kier alpha value is -4.47. The number of pyridine rings is 2. The van der Waals surface area contributed by atoms with Crippen LogP contribution in [0.4, 0.5) is 16.3 Å². The van der Waals surface area contributed by atoms with Crippen molar-refractivity contribution in [2.45, 2.75) is 13.8 Å². The molecule has 1 aliphatic rings. The molecule has 184 valence electrons. The van der Waals surface area contributed by atoms with Crippen LogP contribution in [0.3, 0.4) is 0 Å². The van der Waals surface area contributed by atoms with Crippen molar-refractivity contribution in [1.29, 1.82) is 0 Å². The summed E-state index contributed by atoms with van der Waals surface area (Å²) in [5.74, 6) is 0.192. The van der Waals surface area contributed by atoms with E-state index in [2.05, 4.69) is 30.4 Å². The molecule has 36 heavy (non-hydrogen) atoms. The Bertz CT molecular complexity index is 1390. The van der Waals surface area contributed by atoms with Gasteiger partial charge in [0.25, 0.3) is 5.91 Å². The van der Waals surface area contributed by atoms with Gasteiger partial charge in [-0.15, -0.1) is 0 Å². The first kappa shape index (κ1) is 23.3. The number of carbonyl (C=O) groups excluding carboxylic acids is 2. The molecule has 5 rings (SSSR count). The van der Waals surface area contributed by atoms with Crippen LogP contribution in [0.2, 0.25) is 0 Å². The Morgan fingerprint density at radius 3 is 2.58 bits per heavy atom. The first-order valence-corrected chi connectivity index (χ1v) is 11.9.